The van der Waals surface area contributed by atoms with Gasteiger partial charge in [0.15, 0.2) is 0 Å². The zero-order chi connectivity index (χ0) is 14.6. The summed E-state index contributed by atoms with van der Waals surface area (Å²) in [6.07, 6.45) is 1.71. The second-order valence-electron chi connectivity index (χ2n) is 4.04. The van der Waals surface area contributed by atoms with Gasteiger partial charge in [0, 0.05) is 24.9 Å². The maximum Gasteiger partial charge on any atom is 0.238 e. The zero-order valence-electron chi connectivity index (χ0n) is 11.9. The molecule has 0 aliphatic rings. The zero-order valence-corrected chi connectivity index (χ0v) is 11.9. The molecule has 0 spiro atoms. The van der Waals surface area contributed by atoms with Crippen LogP contribution in [0.5, 0.6) is 5.75 Å². The second-order valence-corrected chi connectivity index (χ2v) is 4.04. The monoisotopic (exact) mass is 278 g/mol. The summed E-state index contributed by atoms with van der Waals surface area (Å²) in [4.78, 5) is 11.6. The van der Waals surface area contributed by atoms with E-state index >= 15 is 0 Å². The van der Waals surface area contributed by atoms with Crippen molar-refractivity contribution >= 4 is 11.6 Å². The molecule has 0 heterocycles. The first-order chi connectivity index (χ1) is 9.76. The Labute approximate surface area is 120 Å². The minimum atomic E-state index is -0.0988. The number of carbonyl (C=O) groups excluding carboxylic acids is 1. The van der Waals surface area contributed by atoms with Crippen molar-refractivity contribution in [1.29, 1.82) is 0 Å². The summed E-state index contributed by atoms with van der Waals surface area (Å²) in [5.41, 5.74) is 0.712. The summed E-state index contributed by atoms with van der Waals surface area (Å²) in [6, 6.07) is 7.29. The lowest BCUT2D eigenvalue weighted by Gasteiger charge is -2.09. The number of rotatable bonds is 10. The molecule has 5 heteroatoms. The molecule has 2 N–H and O–H groups in total. The quantitative estimate of drug-likeness (QED) is 0.506. The maximum absolute atomic E-state index is 11.6. The van der Waals surface area contributed by atoms with Gasteiger partial charge in [-0.25, -0.2) is 0 Å². The van der Waals surface area contributed by atoms with Crippen LogP contribution in [0.1, 0.15) is 6.92 Å². The summed E-state index contributed by atoms with van der Waals surface area (Å²) in [6.45, 7) is 8.10. The largest absolute Gasteiger partial charge is 0.491 e. The van der Waals surface area contributed by atoms with E-state index in [4.69, 9.17) is 9.47 Å². The van der Waals surface area contributed by atoms with Crippen molar-refractivity contribution < 1.29 is 14.3 Å². The SMILES string of the molecule is C=CCNCC(=O)Nc1cccc(OCCOCC)c1. The summed E-state index contributed by atoms with van der Waals surface area (Å²) < 4.78 is 10.7. The Morgan fingerprint density at radius 2 is 2.25 bits per heavy atom. The molecule has 0 aromatic heterocycles. The molecule has 20 heavy (non-hydrogen) atoms. The molecule has 1 aromatic rings. The Kier molecular flexibility index (Phi) is 8.10. The van der Waals surface area contributed by atoms with Crippen LogP contribution in [0.25, 0.3) is 0 Å². The van der Waals surface area contributed by atoms with E-state index in [2.05, 4.69) is 17.2 Å². The van der Waals surface area contributed by atoms with Crippen LogP contribution in [0.15, 0.2) is 36.9 Å². The molecule has 0 atom stereocenters. The highest BCUT2D eigenvalue weighted by molar-refractivity contribution is 5.92. The lowest BCUT2D eigenvalue weighted by molar-refractivity contribution is -0.115. The van der Waals surface area contributed by atoms with Crippen molar-refractivity contribution in [2.45, 2.75) is 6.92 Å². The van der Waals surface area contributed by atoms with Gasteiger partial charge in [0.2, 0.25) is 5.91 Å². The number of nitrogens with one attached hydrogen (secondary N) is 2. The van der Waals surface area contributed by atoms with E-state index in [0.717, 1.165) is 0 Å². The van der Waals surface area contributed by atoms with E-state index in [0.29, 0.717) is 37.8 Å². The summed E-state index contributed by atoms with van der Waals surface area (Å²) >= 11 is 0. The van der Waals surface area contributed by atoms with Gasteiger partial charge in [0.05, 0.1) is 13.2 Å². The van der Waals surface area contributed by atoms with E-state index in [1.807, 2.05) is 25.1 Å². The highest BCUT2D eigenvalue weighted by Gasteiger charge is 2.02. The Morgan fingerprint density at radius 3 is 3.00 bits per heavy atom. The van der Waals surface area contributed by atoms with Gasteiger partial charge in [-0.2, -0.15) is 0 Å². The number of hydrogen-bond acceptors (Lipinski definition) is 4. The predicted molar refractivity (Wildman–Crippen MR) is 80.1 cm³/mol. The molecule has 0 aliphatic heterocycles. The lowest BCUT2D eigenvalue weighted by atomic mass is 10.3. The van der Waals surface area contributed by atoms with Crippen molar-refractivity contribution in [2.75, 3.05) is 38.2 Å². The molecular weight excluding hydrogens is 256 g/mol. The lowest BCUT2D eigenvalue weighted by Crippen LogP contribution is -2.28. The van der Waals surface area contributed by atoms with Crippen LogP contribution in [-0.2, 0) is 9.53 Å². The number of carbonyl (C=O) groups is 1. The van der Waals surface area contributed by atoms with E-state index < -0.39 is 0 Å². The molecule has 5 nitrogen and oxygen atoms in total. The minimum Gasteiger partial charge on any atom is -0.491 e. The van der Waals surface area contributed by atoms with Crippen LogP contribution in [0.2, 0.25) is 0 Å². The minimum absolute atomic E-state index is 0.0988. The summed E-state index contributed by atoms with van der Waals surface area (Å²) in [5.74, 6) is 0.611. The van der Waals surface area contributed by atoms with Crippen LogP contribution in [0, 0.1) is 0 Å². The third kappa shape index (κ3) is 6.92. The highest BCUT2D eigenvalue weighted by atomic mass is 16.5. The van der Waals surface area contributed by atoms with Crippen molar-refractivity contribution in [3.8, 4) is 5.75 Å². The predicted octanol–water partition coefficient (Wildman–Crippen LogP) is 1.82. The molecule has 0 aliphatic carbocycles. The number of amides is 1. The fourth-order valence-electron chi connectivity index (χ4n) is 1.52. The van der Waals surface area contributed by atoms with Gasteiger partial charge in [-0.1, -0.05) is 12.1 Å². The average molecular weight is 278 g/mol. The van der Waals surface area contributed by atoms with Gasteiger partial charge >= 0.3 is 0 Å². The first kappa shape index (κ1) is 16.2. The smallest absolute Gasteiger partial charge is 0.238 e. The maximum atomic E-state index is 11.6. The Bertz CT molecular complexity index is 421. The van der Waals surface area contributed by atoms with E-state index in [1.54, 1.807) is 12.1 Å². The van der Waals surface area contributed by atoms with E-state index in [9.17, 15) is 4.79 Å². The molecule has 0 saturated carbocycles. The third-order valence-corrected chi connectivity index (χ3v) is 2.39. The van der Waals surface area contributed by atoms with Gasteiger partial charge in [-0.05, 0) is 19.1 Å². The third-order valence-electron chi connectivity index (χ3n) is 2.39. The van der Waals surface area contributed by atoms with Gasteiger partial charge in [-0.15, -0.1) is 6.58 Å². The molecule has 0 saturated heterocycles. The Hall–Kier alpha value is -1.85. The fourth-order valence-corrected chi connectivity index (χ4v) is 1.52. The molecule has 0 unspecified atom stereocenters. The van der Waals surface area contributed by atoms with Gasteiger partial charge < -0.3 is 20.1 Å². The molecule has 0 radical (unpaired) electrons. The summed E-state index contributed by atoms with van der Waals surface area (Å²) in [5, 5.41) is 5.74. The van der Waals surface area contributed by atoms with Gasteiger partial charge in [0.1, 0.15) is 12.4 Å². The fraction of sp³-hybridized carbons (Fsp3) is 0.400. The number of ether oxygens (including phenoxy) is 2. The van der Waals surface area contributed by atoms with Crippen LogP contribution in [0.3, 0.4) is 0 Å². The van der Waals surface area contributed by atoms with Crippen LogP contribution in [0.4, 0.5) is 5.69 Å². The number of hydrogen-bond donors (Lipinski definition) is 2. The molecule has 1 amide bonds. The first-order valence-electron chi connectivity index (χ1n) is 6.68. The summed E-state index contributed by atoms with van der Waals surface area (Å²) in [7, 11) is 0. The van der Waals surface area contributed by atoms with Crippen molar-refractivity contribution in [1.82, 2.24) is 5.32 Å². The topological polar surface area (TPSA) is 59.6 Å². The highest BCUT2D eigenvalue weighted by Crippen LogP contribution is 2.17. The standard InChI is InChI=1S/C15H22N2O3/c1-3-8-16-12-15(18)17-13-6-5-7-14(11-13)20-10-9-19-4-2/h3,5-7,11,16H,1,4,8-10,12H2,2H3,(H,17,18). The normalized spacial score (nSPS) is 10.1. The van der Waals surface area contributed by atoms with Crippen molar-refractivity contribution in [2.24, 2.45) is 0 Å². The molecule has 0 fully saturated rings. The van der Waals surface area contributed by atoms with Crippen molar-refractivity contribution in [3.63, 3.8) is 0 Å². The molecular formula is C15H22N2O3. The van der Waals surface area contributed by atoms with Crippen LogP contribution < -0.4 is 15.4 Å². The van der Waals surface area contributed by atoms with Crippen LogP contribution in [-0.4, -0.2) is 38.8 Å². The number of benzene rings is 1. The van der Waals surface area contributed by atoms with E-state index in [-0.39, 0.29) is 12.5 Å². The molecule has 0 bridgehead atoms. The van der Waals surface area contributed by atoms with Gasteiger partial charge in [-0.3, -0.25) is 4.79 Å². The van der Waals surface area contributed by atoms with Crippen LogP contribution >= 0.6 is 0 Å². The second kappa shape index (κ2) is 10.00. The van der Waals surface area contributed by atoms with Gasteiger partial charge in [0.25, 0.3) is 0 Å². The molecule has 1 rings (SSSR count). The number of anilines is 1. The average Bonchev–Trinajstić information content (AvgIpc) is 2.44. The Balaban J connectivity index is 2.38. The Morgan fingerprint density at radius 1 is 1.40 bits per heavy atom. The first-order valence-corrected chi connectivity index (χ1v) is 6.68. The molecule has 1 aromatic carbocycles. The molecule has 110 valence electrons. The van der Waals surface area contributed by atoms with E-state index in [1.165, 1.54) is 0 Å². The van der Waals surface area contributed by atoms with Crippen molar-refractivity contribution in [3.05, 3.63) is 36.9 Å².